The topological polar surface area (TPSA) is 75.3 Å². The molecule has 0 fully saturated rings. The minimum absolute atomic E-state index is 0.0836. The molecule has 0 aliphatic heterocycles. The molecule has 6 heteroatoms. The monoisotopic (exact) mass is 288 g/mol. The van der Waals surface area contributed by atoms with Crippen molar-refractivity contribution < 1.29 is 9.90 Å². The van der Waals surface area contributed by atoms with Gasteiger partial charge in [-0.15, -0.1) is 11.8 Å². The van der Waals surface area contributed by atoms with E-state index in [2.05, 4.69) is 5.32 Å². The van der Waals surface area contributed by atoms with Crippen LogP contribution in [0, 0.1) is 0 Å². The molecule has 0 aliphatic rings. The number of aliphatic hydroxyl groups is 1. The number of amides is 1. The number of nitrogens with two attached hydrogens (primary N) is 1. The van der Waals surface area contributed by atoms with Gasteiger partial charge in [0.05, 0.1) is 16.0 Å². The lowest BCUT2D eigenvalue weighted by Gasteiger charge is -2.12. The van der Waals surface area contributed by atoms with Crippen molar-refractivity contribution in [1.29, 1.82) is 0 Å². The van der Waals surface area contributed by atoms with Crippen LogP contribution >= 0.6 is 23.4 Å². The standard InChI is InChI=1S/C12H17ClN2O2S/c1-8(18-6-2-5-16)12(17)15-9-3-4-10(13)11(14)7-9/h3-4,7-8,16H,2,5-6,14H2,1H3,(H,15,17). The molecule has 1 aromatic rings. The van der Waals surface area contributed by atoms with E-state index < -0.39 is 0 Å². The summed E-state index contributed by atoms with van der Waals surface area (Å²) in [5.41, 5.74) is 6.73. The number of rotatable bonds is 6. The third-order valence-corrected chi connectivity index (χ3v) is 3.89. The van der Waals surface area contributed by atoms with Gasteiger partial charge in [-0.05, 0) is 37.3 Å². The molecule has 4 N–H and O–H groups in total. The predicted molar refractivity (Wildman–Crippen MR) is 78.1 cm³/mol. The largest absolute Gasteiger partial charge is 0.397 e. The number of aliphatic hydroxyl groups excluding tert-OH is 1. The van der Waals surface area contributed by atoms with Crippen LogP contribution in [-0.2, 0) is 4.79 Å². The second-order valence-corrected chi connectivity index (χ2v) is 5.67. The maximum atomic E-state index is 11.8. The van der Waals surface area contributed by atoms with Crippen LogP contribution in [-0.4, -0.2) is 28.6 Å². The molecule has 1 atom stereocenters. The number of thioether (sulfide) groups is 1. The smallest absolute Gasteiger partial charge is 0.237 e. The van der Waals surface area contributed by atoms with Crippen LogP contribution in [0.25, 0.3) is 0 Å². The Morgan fingerprint density at radius 3 is 2.94 bits per heavy atom. The second-order valence-electron chi connectivity index (χ2n) is 3.82. The zero-order valence-electron chi connectivity index (χ0n) is 10.1. The summed E-state index contributed by atoms with van der Waals surface area (Å²) in [5, 5.41) is 11.7. The first-order valence-electron chi connectivity index (χ1n) is 5.63. The van der Waals surface area contributed by atoms with E-state index in [-0.39, 0.29) is 17.8 Å². The van der Waals surface area contributed by atoms with Gasteiger partial charge in [-0.25, -0.2) is 0 Å². The molecule has 0 aliphatic carbocycles. The molecular weight excluding hydrogens is 272 g/mol. The Labute approximate surface area is 116 Å². The van der Waals surface area contributed by atoms with E-state index in [1.807, 2.05) is 6.92 Å². The highest BCUT2D eigenvalue weighted by Gasteiger charge is 2.13. The molecule has 4 nitrogen and oxygen atoms in total. The van der Waals surface area contributed by atoms with Crippen LogP contribution in [0.3, 0.4) is 0 Å². The highest BCUT2D eigenvalue weighted by atomic mass is 35.5. The van der Waals surface area contributed by atoms with Crippen molar-refractivity contribution in [1.82, 2.24) is 0 Å². The number of benzene rings is 1. The van der Waals surface area contributed by atoms with Crippen molar-refractivity contribution >= 4 is 40.6 Å². The maximum absolute atomic E-state index is 11.8. The fraction of sp³-hybridized carbons (Fsp3) is 0.417. The van der Waals surface area contributed by atoms with Crippen molar-refractivity contribution in [3.63, 3.8) is 0 Å². The summed E-state index contributed by atoms with van der Waals surface area (Å²) in [6, 6.07) is 4.99. The molecule has 1 rings (SSSR count). The van der Waals surface area contributed by atoms with Gasteiger partial charge in [-0.3, -0.25) is 4.79 Å². The summed E-state index contributed by atoms with van der Waals surface area (Å²) >= 11 is 7.31. The number of halogens is 1. The second kappa shape index (κ2) is 7.51. The first-order chi connectivity index (χ1) is 8.54. The van der Waals surface area contributed by atoms with Crippen LogP contribution in [0.1, 0.15) is 13.3 Å². The molecule has 1 amide bonds. The third kappa shape index (κ3) is 4.76. The molecular formula is C12H17ClN2O2S. The minimum atomic E-state index is -0.173. The zero-order chi connectivity index (χ0) is 13.5. The summed E-state index contributed by atoms with van der Waals surface area (Å²) in [4.78, 5) is 11.8. The van der Waals surface area contributed by atoms with Gasteiger partial charge in [0.1, 0.15) is 0 Å². The SMILES string of the molecule is CC(SCCCO)C(=O)Nc1ccc(Cl)c(N)c1. The molecule has 0 saturated heterocycles. The molecule has 1 unspecified atom stereocenters. The van der Waals surface area contributed by atoms with Gasteiger partial charge in [0, 0.05) is 12.3 Å². The normalized spacial score (nSPS) is 12.2. The van der Waals surface area contributed by atoms with Crippen molar-refractivity contribution in [3.05, 3.63) is 23.2 Å². The van der Waals surface area contributed by atoms with Gasteiger partial charge in [-0.2, -0.15) is 0 Å². The number of hydrogen-bond acceptors (Lipinski definition) is 4. The van der Waals surface area contributed by atoms with Crippen LogP contribution < -0.4 is 11.1 Å². The fourth-order valence-corrected chi connectivity index (χ4v) is 2.24. The molecule has 0 radical (unpaired) electrons. The number of hydrogen-bond donors (Lipinski definition) is 3. The minimum Gasteiger partial charge on any atom is -0.397 e. The molecule has 0 bridgehead atoms. The van der Waals surface area contributed by atoms with Crippen molar-refractivity contribution in [2.75, 3.05) is 23.4 Å². The van der Waals surface area contributed by atoms with E-state index in [0.29, 0.717) is 22.8 Å². The van der Waals surface area contributed by atoms with Crippen LogP contribution in [0.15, 0.2) is 18.2 Å². The van der Waals surface area contributed by atoms with Gasteiger partial charge < -0.3 is 16.2 Å². The van der Waals surface area contributed by atoms with Crippen molar-refractivity contribution in [2.45, 2.75) is 18.6 Å². The first kappa shape index (κ1) is 15.1. The fourth-order valence-electron chi connectivity index (χ4n) is 1.27. The number of nitrogen functional groups attached to an aromatic ring is 1. The van der Waals surface area contributed by atoms with Crippen molar-refractivity contribution in [3.8, 4) is 0 Å². The lowest BCUT2D eigenvalue weighted by Crippen LogP contribution is -2.22. The Bertz CT molecular complexity index is 415. The molecule has 1 aromatic carbocycles. The Hall–Kier alpha value is -0.910. The lowest BCUT2D eigenvalue weighted by molar-refractivity contribution is -0.115. The van der Waals surface area contributed by atoms with E-state index >= 15 is 0 Å². The molecule has 0 spiro atoms. The molecule has 0 saturated carbocycles. The van der Waals surface area contributed by atoms with Gasteiger partial charge in [0.15, 0.2) is 0 Å². The average Bonchev–Trinajstić information content (AvgIpc) is 2.34. The first-order valence-corrected chi connectivity index (χ1v) is 7.05. The summed E-state index contributed by atoms with van der Waals surface area (Å²) < 4.78 is 0. The van der Waals surface area contributed by atoms with Gasteiger partial charge in [-0.1, -0.05) is 11.6 Å². The Kier molecular flexibility index (Phi) is 6.32. The van der Waals surface area contributed by atoms with E-state index in [1.165, 1.54) is 11.8 Å². The predicted octanol–water partition coefficient (Wildman–Crippen LogP) is 2.36. The van der Waals surface area contributed by atoms with E-state index in [1.54, 1.807) is 18.2 Å². The quantitative estimate of drug-likeness (QED) is 0.555. The van der Waals surface area contributed by atoms with Gasteiger partial charge in [0.25, 0.3) is 0 Å². The summed E-state index contributed by atoms with van der Waals surface area (Å²) in [5.74, 6) is 0.674. The number of anilines is 2. The van der Waals surface area contributed by atoms with Crippen LogP contribution in [0.2, 0.25) is 5.02 Å². The average molecular weight is 289 g/mol. The molecule has 0 heterocycles. The number of carbonyl (C=O) groups excluding carboxylic acids is 1. The Morgan fingerprint density at radius 1 is 1.61 bits per heavy atom. The summed E-state index contributed by atoms with van der Waals surface area (Å²) in [7, 11) is 0. The number of nitrogens with one attached hydrogen (secondary N) is 1. The summed E-state index contributed by atoms with van der Waals surface area (Å²) in [6.45, 7) is 1.98. The van der Waals surface area contributed by atoms with E-state index in [9.17, 15) is 4.79 Å². The highest BCUT2D eigenvalue weighted by Crippen LogP contribution is 2.23. The number of carbonyl (C=O) groups is 1. The zero-order valence-corrected chi connectivity index (χ0v) is 11.7. The lowest BCUT2D eigenvalue weighted by atomic mass is 10.2. The molecule has 100 valence electrons. The molecule has 18 heavy (non-hydrogen) atoms. The highest BCUT2D eigenvalue weighted by molar-refractivity contribution is 8.00. The Morgan fingerprint density at radius 2 is 2.33 bits per heavy atom. The Balaban J connectivity index is 2.50. The van der Waals surface area contributed by atoms with Crippen LogP contribution in [0.4, 0.5) is 11.4 Å². The van der Waals surface area contributed by atoms with Gasteiger partial charge >= 0.3 is 0 Å². The maximum Gasteiger partial charge on any atom is 0.237 e. The van der Waals surface area contributed by atoms with Gasteiger partial charge in [0.2, 0.25) is 5.91 Å². The van der Waals surface area contributed by atoms with E-state index in [4.69, 9.17) is 22.4 Å². The van der Waals surface area contributed by atoms with Crippen molar-refractivity contribution in [2.24, 2.45) is 0 Å². The molecule has 0 aromatic heterocycles. The van der Waals surface area contributed by atoms with E-state index in [0.717, 1.165) is 5.75 Å². The summed E-state index contributed by atoms with van der Waals surface area (Å²) in [6.07, 6.45) is 0.691. The van der Waals surface area contributed by atoms with Crippen LogP contribution in [0.5, 0.6) is 0 Å². The third-order valence-electron chi connectivity index (χ3n) is 2.30.